The van der Waals surface area contributed by atoms with Crippen LogP contribution in [-0.2, 0) is 14.2 Å². The number of ether oxygens (including phenoxy) is 3. The maximum atomic E-state index is 12.6. The minimum absolute atomic E-state index is 0.00710. The largest absolute Gasteiger partial charge is 0.446 e. The highest BCUT2D eigenvalue weighted by Crippen LogP contribution is 2.70. The number of carbonyl (C=O) groups is 1. The van der Waals surface area contributed by atoms with Crippen LogP contribution in [0.1, 0.15) is 99.3 Å². The van der Waals surface area contributed by atoms with Gasteiger partial charge in [-0.15, -0.1) is 0 Å². The molecule has 0 radical (unpaired) electrons. The number of hydrogen-bond acceptors (Lipinski definition) is 5. The molecule has 6 aliphatic rings. The Morgan fingerprint density at radius 2 is 1.90 bits per heavy atom. The van der Waals surface area contributed by atoms with Crippen molar-refractivity contribution >= 4 is 6.09 Å². The van der Waals surface area contributed by atoms with E-state index in [2.05, 4.69) is 57.8 Å². The summed E-state index contributed by atoms with van der Waals surface area (Å²) in [5, 5.41) is 2.99. The van der Waals surface area contributed by atoms with Crippen molar-refractivity contribution in [3.05, 3.63) is 11.6 Å². The first-order valence-electron chi connectivity index (χ1n) is 16.8. The Morgan fingerprint density at radius 1 is 1.10 bits per heavy atom. The Kier molecular flexibility index (Phi) is 7.87. The fourth-order valence-corrected chi connectivity index (χ4v) is 10.8. The van der Waals surface area contributed by atoms with Crippen molar-refractivity contribution < 1.29 is 19.0 Å². The molecule has 0 aromatic heterocycles. The number of nitrogens with zero attached hydrogens (tertiary/aromatic N) is 1. The lowest BCUT2D eigenvalue weighted by atomic mass is 9.47. The van der Waals surface area contributed by atoms with Crippen molar-refractivity contribution in [1.82, 2.24) is 10.2 Å². The summed E-state index contributed by atoms with van der Waals surface area (Å²) < 4.78 is 19.4. The van der Waals surface area contributed by atoms with Crippen LogP contribution in [-0.4, -0.2) is 61.8 Å². The topological polar surface area (TPSA) is 60.0 Å². The van der Waals surface area contributed by atoms with Gasteiger partial charge in [0, 0.05) is 31.8 Å². The molecule has 4 aliphatic carbocycles. The number of hydrogen-bond donors (Lipinski definition) is 1. The summed E-state index contributed by atoms with van der Waals surface area (Å²) in [6.07, 6.45) is 13.1. The first-order valence-corrected chi connectivity index (χ1v) is 16.8. The van der Waals surface area contributed by atoms with Crippen LogP contribution in [0.15, 0.2) is 11.6 Å². The van der Waals surface area contributed by atoms with Crippen molar-refractivity contribution in [2.24, 2.45) is 46.3 Å². The van der Waals surface area contributed by atoms with Gasteiger partial charge in [0.05, 0.1) is 12.7 Å². The third-order valence-corrected chi connectivity index (χ3v) is 13.2. The van der Waals surface area contributed by atoms with E-state index in [0.717, 1.165) is 69.7 Å². The van der Waals surface area contributed by atoms with Gasteiger partial charge in [-0.3, -0.25) is 0 Å². The van der Waals surface area contributed by atoms with Crippen LogP contribution in [0.3, 0.4) is 0 Å². The van der Waals surface area contributed by atoms with Crippen LogP contribution >= 0.6 is 0 Å². The molecule has 0 aromatic rings. The Labute approximate surface area is 243 Å². The van der Waals surface area contributed by atoms with E-state index in [1.165, 1.54) is 32.1 Å². The Morgan fingerprint density at radius 3 is 2.62 bits per heavy atom. The van der Waals surface area contributed by atoms with Gasteiger partial charge in [0.1, 0.15) is 6.10 Å². The number of rotatable bonds is 6. The van der Waals surface area contributed by atoms with Crippen molar-refractivity contribution in [3.63, 3.8) is 0 Å². The summed E-state index contributed by atoms with van der Waals surface area (Å²) in [5.41, 5.74) is 2.17. The van der Waals surface area contributed by atoms with Crippen molar-refractivity contribution in [2.75, 3.05) is 32.8 Å². The van der Waals surface area contributed by atoms with Crippen LogP contribution in [0.5, 0.6) is 0 Å². The fraction of sp³-hybridized carbons (Fsp3) is 0.912. The first kappa shape index (κ1) is 29.0. The van der Waals surface area contributed by atoms with Gasteiger partial charge in [0.25, 0.3) is 0 Å². The van der Waals surface area contributed by atoms with Gasteiger partial charge in [-0.25, -0.2) is 4.79 Å². The zero-order chi connectivity index (χ0) is 28.3. The van der Waals surface area contributed by atoms with Crippen LogP contribution in [0, 0.1) is 46.3 Å². The van der Waals surface area contributed by atoms with Crippen LogP contribution in [0.4, 0.5) is 4.79 Å². The smallest absolute Gasteiger partial charge is 0.407 e. The Balaban J connectivity index is 1.10. The summed E-state index contributed by atoms with van der Waals surface area (Å²) in [7, 11) is 0. The highest BCUT2D eigenvalue weighted by Gasteiger charge is 2.68. The molecule has 2 heterocycles. The summed E-state index contributed by atoms with van der Waals surface area (Å²) >= 11 is 0. The molecule has 11 atom stereocenters. The zero-order valence-electron chi connectivity index (χ0n) is 26.2. The Bertz CT molecular complexity index is 971. The molecule has 6 heteroatoms. The molecule has 5 fully saturated rings. The van der Waals surface area contributed by atoms with Gasteiger partial charge in [0.2, 0.25) is 0 Å². The van der Waals surface area contributed by atoms with E-state index in [-0.39, 0.29) is 23.4 Å². The summed E-state index contributed by atoms with van der Waals surface area (Å²) in [6.45, 7) is 18.6. The highest BCUT2D eigenvalue weighted by atomic mass is 16.7. The lowest BCUT2D eigenvalue weighted by molar-refractivity contribution is -0.272. The van der Waals surface area contributed by atoms with Crippen LogP contribution in [0.25, 0.3) is 0 Å². The third-order valence-electron chi connectivity index (χ3n) is 13.2. The molecule has 6 nitrogen and oxygen atoms in total. The van der Waals surface area contributed by atoms with Gasteiger partial charge in [-0.1, -0.05) is 53.2 Å². The monoisotopic (exact) mass is 556 g/mol. The fourth-order valence-electron chi connectivity index (χ4n) is 10.8. The van der Waals surface area contributed by atoms with Gasteiger partial charge in [0.15, 0.2) is 5.79 Å². The number of nitrogens with one attached hydrogen (secondary N) is 1. The highest BCUT2D eigenvalue weighted by molar-refractivity contribution is 5.67. The maximum Gasteiger partial charge on any atom is 0.407 e. The van der Waals surface area contributed by atoms with E-state index in [1.807, 2.05) is 0 Å². The minimum Gasteiger partial charge on any atom is -0.446 e. The molecule has 2 saturated heterocycles. The lowest BCUT2D eigenvalue weighted by Crippen LogP contribution is -2.52. The molecule has 0 bridgehead atoms. The van der Waals surface area contributed by atoms with Gasteiger partial charge in [-0.05, 0) is 98.5 Å². The summed E-state index contributed by atoms with van der Waals surface area (Å²) in [6, 6.07) is 0. The molecule has 2 aliphatic heterocycles. The normalized spacial score (nSPS) is 47.7. The van der Waals surface area contributed by atoms with Gasteiger partial charge in [-0.2, -0.15) is 0 Å². The number of fused-ring (bicyclic) bond motifs is 7. The van der Waals surface area contributed by atoms with Crippen molar-refractivity contribution in [3.8, 4) is 0 Å². The van der Waals surface area contributed by atoms with E-state index in [9.17, 15) is 4.79 Å². The summed E-state index contributed by atoms with van der Waals surface area (Å²) in [4.78, 5) is 14.9. The van der Waals surface area contributed by atoms with E-state index in [1.54, 1.807) is 5.57 Å². The molecule has 1 amide bonds. The number of allylic oxidation sites excluding steroid dienone is 1. The van der Waals surface area contributed by atoms with E-state index >= 15 is 0 Å². The van der Waals surface area contributed by atoms with Crippen molar-refractivity contribution in [1.29, 1.82) is 0 Å². The van der Waals surface area contributed by atoms with Gasteiger partial charge < -0.3 is 24.4 Å². The molecule has 6 rings (SSSR count). The minimum atomic E-state index is -0.325. The molecular formula is C34H56N2O4. The SMILES string of the molecule is CCN(CC)CCNC(=O)O[C@H]1CC[C@@]2(C)C(=CC[C@H]3[C@@H]4C[C@@H]5O[C@@]6(CC[C@H](C)CO6)[C@@H](C)[C@@H]5[C@@]4(C)CC[C@@H]32)C1. The number of carbonyl (C=O) groups excluding carboxylic acids is 1. The molecule has 0 unspecified atom stereocenters. The average molecular weight is 557 g/mol. The van der Waals surface area contributed by atoms with Gasteiger partial charge >= 0.3 is 6.09 Å². The molecule has 40 heavy (non-hydrogen) atoms. The lowest BCUT2D eigenvalue weighted by Gasteiger charge is -2.58. The van der Waals surface area contributed by atoms with E-state index in [4.69, 9.17) is 14.2 Å². The van der Waals surface area contributed by atoms with Crippen LogP contribution < -0.4 is 5.32 Å². The second-order valence-corrected chi connectivity index (χ2v) is 15.0. The van der Waals surface area contributed by atoms with E-state index < -0.39 is 0 Å². The molecule has 1 spiro atoms. The average Bonchev–Trinajstić information content (AvgIpc) is 3.38. The Hall–Kier alpha value is -1.11. The second kappa shape index (κ2) is 10.9. The van der Waals surface area contributed by atoms with Crippen molar-refractivity contribution in [2.45, 2.75) is 117 Å². The zero-order valence-corrected chi connectivity index (χ0v) is 26.2. The predicted octanol–water partition coefficient (Wildman–Crippen LogP) is 6.79. The molecular weight excluding hydrogens is 500 g/mol. The number of amides is 1. The standard InChI is InChI=1S/C34H56N2O4/c1-7-36(8-2)18-17-35-31(37)39-25-12-14-32(5)24(19-25)9-10-26-27(32)13-15-33(6)28(26)20-29-30(33)23(4)34(40-29)16-11-22(3)21-38-34/h9,22-23,25-30H,7-8,10-21H2,1-6H3,(H,35,37)/t22-,23-,25-,26+,27-,28-,29-,30-,32-,33-,34-/m0/s1. The number of likely N-dealkylation sites (N-methyl/N-ethyl adjacent to an activating group) is 1. The second-order valence-electron chi connectivity index (χ2n) is 15.0. The summed E-state index contributed by atoms with van der Waals surface area (Å²) in [5.74, 6) is 3.65. The maximum absolute atomic E-state index is 12.6. The molecule has 1 N–H and O–H groups in total. The van der Waals surface area contributed by atoms with E-state index in [0.29, 0.717) is 35.8 Å². The first-order chi connectivity index (χ1) is 19.1. The van der Waals surface area contributed by atoms with Crippen LogP contribution in [0.2, 0.25) is 0 Å². The molecule has 226 valence electrons. The third kappa shape index (κ3) is 4.67. The predicted molar refractivity (Wildman–Crippen MR) is 158 cm³/mol. The molecule has 3 saturated carbocycles. The number of alkyl carbamates (subject to hydrolysis) is 1. The quantitative estimate of drug-likeness (QED) is 0.365. The molecule has 0 aromatic carbocycles.